The molecule has 0 atom stereocenters. The fourth-order valence-electron chi connectivity index (χ4n) is 1.67. The summed E-state index contributed by atoms with van der Waals surface area (Å²) in [7, 11) is 0. The van der Waals surface area contributed by atoms with Crippen molar-refractivity contribution in [3.63, 3.8) is 0 Å². The van der Waals surface area contributed by atoms with Gasteiger partial charge in [0.25, 0.3) is 0 Å². The third-order valence-electron chi connectivity index (χ3n) is 3.07. The summed E-state index contributed by atoms with van der Waals surface area (Å²) in [6.07, 6.45) is 3.76. The summed E-state index contributed by atoms with van der Waals surface area (Å²) in [5.41, 5.74) is 5.26. The van der Waals surface area contributed by atoms with Gasteiger partial charge in [-0.3, -0.25) is 5.32 Å². The maximum atomic E-state index is 4.65. The van der Waals surface area contributed by atoms with E-state index in [9.17, 15) is 0 Å². The number of aryl methyl sites for hydroxylation is 1. The Hall–Kier alpha value is -0.980. The molecule has 0 spiro atoms. The van der Waals surface area contributed by atoms with Crippen LogP contribution in [0, 0.1) is 20.8 Å². The minimum Gasteiger partial charge on any atom is -0.285 e. The molecule has 1 aromatic rings. The minimum absolute atomic E-state index is 0.969. The number of unbranched alkanes of at least 4 members (excludes halogenated alkanes) is 2. The van der Waals surface area contributed by atoms with Crippen LogP contribution in [0.1, 0.15) is 42.9 Å². The Morgan fingerprint density at radius 1 is 1.00 bits per heavy atom. The first-order chi connectivity index (χ1) is 7.16. The fourth-order valence-corrected chi connectivity index (χ4v) is 1.67. The number of hydrogen-bond acceptors (Lipinski definition) is 0. The Balaban J connectivity index is 2.58. The zero-order chi connectivity index (χ0) is 11.3. The van der Waals surface area contributed by atoms with Gasteiger partial charge in [-0.1, -0.05) is 25.8 Å². The molecule has 0 saturated carbocycles. The molecule has 1 nitrogen and oxygen atoms in total. The van der Waals surface area contributed by atoms with Crippen molar-refractivity contribution < 1.29 is 0 Å². The highest BCUT2D eigenvalue weighted by atomic mass is 14.9. The van der Waals surface area contributed by atoms with Crippen LogP contribution in [0.4, 0.5) is 5.69 Å². The summed E-state index contributed by atoms with van der Waals surface area (Å²) < 4.78 is 0. The molecule has 83 valence electrons. The number of hydrogen-bond donors (Lipinski definition) is 0. The monoisotopic (exact) mass is 204 g/mol. The van der Waals surface area contributed by atoms with Crippen molar-refractivity contribution in [1.82, 2.24) is 5.32 Å². The van der Waals surface area contributed by atoms with E-state index in [4.69, 9.17) is 0 Å². The molecule has 0 aliphatic heterocycles. The number of nitrogens with zero attached hydrogens (tertiary/aromatic N) is 1. The molecular weight excluding hydrogens is 182 g/mol. The normalized spacial score (nSPS) is 10.4. The minimum atomic E-state index is 0.969. The highest BCUT2D eigenvalue weighted by molar-refractivity contribution is 5.51. The van der Waals surface area contributed by atoms with Crippen LogP contribution in [0.3, 0.4) is 0 Å². The van der Waals surface area contributed by atoms with Gasteiger partial charge in [0.2, 0.25) is 0 Å². The van der Waals surface area contributed by atoms with E-state index in [0.717, 1.165) is 6.54 Å². The molecule has 0 bridgehead atoms. The average molecular weight is 204 g/mol. The van der Waals surface area contributed by atoms with E-state index in [-0.39, 0.29) is 0 Å². The van der Waals surface area contributed by atoms with Crippen molar-refractivity contribution in [2.45, 2.75) is 47.0 Å². The van der Waals surface area contributed by atoms with Crippen LogP contribution in [0.25, 0.3) is 0 Å². The van der Waals surface area contributed by atoms with Crippen molar-refractivity contribution in [3.8, 4) is 0 Å². The number of benzene rings is 1. The van der Waals surface area contributed by atoms with Gasteiger partial charge in [-0.05, 0) is 49.9 Å². The van der Waals surface area contributed by atoms with Gasteiger partial charge in [-0.15, -0.1) is 0 Å². The third kappa shape index (κ3) is 3.26. The van der Waals surface area contributed by atoms with E-state index in [1.54, 1.807) is 0 Å². The zero-order valence-corrected chi connectivity index (χ0v) is 10.4. The van der Waals surface area contributed by atoms with Crippen LogP contribution >= 0.6 is 0 Å². The van der Waals surface area contributed by atoms with Gasteiger partial charge in [0, 0.05) is 6.54 Å². The fraction of sp³-hybridized carbons (Fsp3) is 0.571. The predicted octanol–water partition coefficient (Wildman–Crippen LogP) is 4.04. The molecule has 1 heteroatoms. The van der Waals surface area contributed by atoms with Crippen molar-refractivity contribution in [2.24, 2.45) is 0 Å². The quantitative estimate of drug-likeness (QED) is 0.643. The first-order valence-corrected chi connectivity index (χ1v) is 5.91. The zero-order valence-electron chi connectivity index (χ0n) is 10.4. The summed E-state index contributed by atoms with van der Waals surface area (Å²) in [5.74, 6) is 0. The van der Waals surface area contributed by atoms with Gasteiger partial charge in [-0.2, -0.15) is 0 Å². The topological polar surface area (TPSA) is 14.1 Å². The van der Waals surface area contributed by atoms with Gasteiger partial charge >= 0.3 is 0 Å². The lowest BCUT2D eigenvalue weighted by Gasteiger charge is -2.11. The predicted molar refractivity (Wildman–Crippen MR) is 66.8 cm³/mol. The Morgan fingerprint density at radius 3 is 2.40 bits per heavy atom. The standard InChI is InChI=1S/C14H22N/c1-5-6-7-10-15-14-9-8-11(2)12(3)13(14)4/h8-9H,5-7,10H2,1-4H3. The molecule has 1 aromatic carbocycles. The second-order valence-corrected chi connectivity index (χ2v) is 4.24. The highest BCUT2D eigenvalue weighted by Gasteiger charge is 2.03. The van der Waals surface area contributed by atoms with E-state index >= 15 is 0 Å². The van der Waals surface area contributed by atoms with Crippen LogP contribution in [-0.2, 0) is 0 Å². The second kappa shape index (κ2) is 5.79. The lowest BCUT2D eigenvalue weighted by Crippen LogP contribution is -2.03. The third-order valence-corrected chi connectivity index (χ3v) is 3.07. The molecule has 0 amide bonds. The molecule has 0 N–H and O–H groups in total. The summed E-state index contributed by atoms with van der Waals surface area (Å²) in [6, 6.07) is 4.31. The first-order valence-electron chi connectivity index (χ1n) is 5.91. The SMILES string of the molecule is CCCCC[N]c1ccc(C)c(C)c1C. The molecule has 0 aliphatic carbocycles. The summed E-state index contributed by atoms with van der Waals surface area (Å²) >= 11 is 0. The van der Waals surface area contributed by atoms with Crippen LogP contribution in [0.15, 0.2) is 12.1 Å². The van der Waals surface area contributed by atoms with Crippen molar-refractivity contribution in [3.05, 3.63) is 28.8 Å². The van der Waals surface area contributed by atoms with Crippen molar-refractivity contribution >= 4 is 5.69 Å². The van der Waals surface area contributed by atoms with Crippen LogP contribution in [0.5, 0.6) is 0 Å². The molecule has 1 rings (SSSR count). The average Bonchev–Trinajstić information content (AvgIpc) is 2.24. The molecule has 0 heterocycles. The van der Waals surface area contributed by atoms with Crippen LogP contribution in [-0.4, -0.2) is 6.54 Å². The largest absolute Gasteiger partial charge is 0.285 e. The van der Waals surface area contributed by atoms with Crippen LogP contribution in [0.2, 0.25) is 0 Å². The molecule has 0 unspecified atom stereocenters. The molecule has 0 aliphatic rings. The van der Waals surface area contributed by atoms with E-state index in [1.807, 2.05) is 0 Å². The van der Waals surface area contributed by atoms with E-state index in [0.29, 0.717) is 0 Å². The maximum absolute atomic E-state index is 4.65. The lowest BCUT2D eigenvalue weighted by atomic mass is 10.0. The van der Waals surface area contributed by atoms with Gasteiger partial charge in [0.05, 0.1) is 5.69 Å². The van der Waals surface area contributed by atoms with Crippen molar-refractivity contribution in [1.29, 1.82) is 0 Å². The summed E-state index contributed by atoms with van der Waals surface area (Å²) in [5, 5.41) is 4.65. The summed E-state index contributed by atoms with van der Waals surface area (Å²) in [4.78, 5) is 0. The van der Waals surface area contributed by atoms with Gasteiger partial charge in [-0.25, -0.2) is 0 Å². The molecule has 0 aromatic heterocycles. The maximum Gasteiger partial charge on any atom is 0.0606 e. The Kier molecular flexibility index (Phi) is 4.67. The highest BCUT2D eigenvalue weighted by Crippen LogP contribution is 2.21. The van der Waals surface area contributed by atoms with Crippen LogP contribution < -0.4 is 5.32 Å². The molecule has 15 heavy (non-hydrogen) atoms. The summed E-state index contributed by atoms with van der Waals surface area (Å²) in [6.45, 7) is 9.69. The molecule has 0 saturated heterocycles. The van der Waals surface area contributed by atoms with E-state index in [1.165, 1.54) is 41.6 Å². The van der Waals surface area contributed by atoms with Gasteiger partial charge in [0.1, 0.15) is 0 Å². The number of rotatable bonds is 5. The first kappa shape index (κ1) is 12.1. The van der Waals surface area contributed by atoms with E-state index < -0.39 is 0 Å². The van der Waals surface area contributed by atoms with E-state index in [2.05, 4.69) is 45.1 Å². The van der Waals surface area contributed by atoms with Gasteiger partial charge in [0.15, 0.2) is 0 Å². The Bertz CT molecular complexity index is 315. The van der Waals surface area contributed by atoms with Crippen molar-refractivity contribution in [2.75, 3.05) is 6.54 Å². The molecular formula is C14H22N. The smallest absolute Gasteiger partial charge is 0.0606 e. The van der Waals surface area contributed by atoms with Gasteiger partial charge < -0.3 is 0 Å². The molecule has 1 radical (unpaired) electrons. The Morgan fingerprint density at radius 2 is 1.73 bits per heavy atom. The lowest BCUT2D eigenvalue weighted by molar-refractivity contribution is 0.680. The molecule has 0 fully saturated rings. The Labute approximate surface area is 93.9 Å². The second-order valence-electron chi connectivity index (χ2n) is 4.24.